The highest BCUT2D eigenvalue weighted by atomic mass is 16.2. The first-order valence-corrected chi connectivity index (χ1v) is 5.24. The molecule has 0 radical (unpaired) electrons. The van der Waals surface area contributed by atoms with Crippen LogP contribution in [0.15, 0.2) is 6.07 Å². The fourth-order valence-corrected chi connectivity index (χ4v) is 1.30. The Morgan fingerprint density at radius 1 is 1.59 bits per heavy atom. The number of hydrogen-bond donors (Lipinski definition) is 1. The molecule has 0 saturated carbocycles. The van der Waals surface area contributed by atoms with Gasteiger partial charge in [-0.25, -0.2) is 9.97 Å². The first-order chi connectivity index (χ1) is 8.08. The summed E-state index contributed by atoms with van der Waals surface area (Å²) in [6.07, 6.45) is 0.311. The van der Waals surface area contributed by atoms with Gasteiger partial charge in [0, 0.05) is 26.3 Å². The molecular formula is C11H15N5O. The predicted molar refractivity (Wildman–Crippen MR) is 63.5 cm³/mol. The van der Waals surface area contributed by atoms with Crippen LogP contribution in [0.1, 0.15) is 22.6 Å². The van der Waals surface area contributed by atoms with Gasteiger partial charge in [0.05, 0.1) is 12.5 Å². The molecular weight excluding hydrogens is 218 g/mol. The van der Waals surface area contributed by atoms with E-state index in [0.717, 1.165) is 5.69 Å². The minimum Gasteiger partial charge on any atom is -0.357 e. The number of nitrogens with one attached hydrogen (secondary N) is 1. The number of rotatable bonds is 4. The number of nitriles is 1. The Kier molecular flexibility index (Phi) is 4.40. The Bertz CT molecular complexity index is 452. The number of aromatic nitrogens is 2. The topological polar surface area (TPSA) is 81.9 Å². The molecule has 0 atom stereocenters. The van der Waals surface area contributed by atoms with Gasteiger partial charge in [0.25, 0.3) is 5.91 Å². The maximum Gasteiger partial charge on any atom is 0.272 e. The molecule has 0 aliphatic rings. The monoisotopic (exact) mass is 233 g/mol. The molecule has 0 bridgehead atoms. The molecule has 0 aromatic carbocycles. The molecule has 0 saturated heterocycles. The van der Waals surface area contributed by atoms with E-state index in [0.29, 0.717) is 24.6 Å². The fourth-order valence-electron chi connectivity index (χ4n) is 1.30. The number of amides is 1. The van der Waals surface area contributed by atoms with Crippen molar-refractivity contribution < 1.29 is 4.79 Å². The summed E-state index contributed by atoms with van der Waals surface area (Å²) in [5.41, 5.74) is 1.06. The van der Waals surface area contributed by atoms with Crippen molar-refractivity contribution in [2.24, 2.45) is 0 Å². The molecule has 1 amide bonds. The highest BCUT2D eigenvalue weighted by molar-refractivity contribution is 5.92. The third-order valence-electron chi connectivity index (χ3n) is 2.20. The van der Waals surface area contributed by atoms with Crippen molar-refractivity contribution in [3.05, 3.63) is 17.5 Å². The van der Waals surface area contributed by atoms with Crippen LogP contribution in [-0.2, 0) is 0 Å². The minimum absolute atomic E-state index is 0.206. The zero-order valence-corrected chi connectivity index (χ0v) is 10.2. The molecule has 1 aromatic heterocycles. The fraction of sp³-hybridized carbons (Fsp3) is 0.455. The average molecular weight is 233 g/mol. The van der Waals surface area contributed by atoms with Crippen LogP contribution in [0.25, 0.3) is 0 Å². The van der Waals surface area contributed by atoms with Gasteiger partial charge in [-0.1, -0.05) is 0 Å². The number of anilines is 1. The van der Waals surface area contributed by atoms with Crippen molar-refractivity contribution in [3.8, 4) is 6.07 Å². The summed E-state index contributed by atoms with van der Waals surface area (Å²) in [6.45, 7) is 2.20. The largest absolute Gasteiger partial charge is 0.357 e. The highest BCUT2D eigenvalue weighted by Crippen LogP contribution is 2.06. The van der Waals surface area contributed by atoms with E-state index in [9.17, 15) is 4.79 Å². The van der Waals surface area contributed by atoms with Crippen LogP contribution < -0.4 is 5.32 Å². The molecule has 0 aliphatic carbocycles. The molecule has 0 unspecified atom stereocenters. The van der Waals surface area contributed by atoms with Gasteiger partial charge in [0.15, 0.2) is 0 Å². The molecule has 1 aromatic rings. The van der Waals surface area contributed by atoms with Crippen LogP contribution >= 0.6 is 0 Å². The maximum absolute atomic E-state index is 12.0. The molecule has 0 spiro atoms. The molecule has 17 heavy (non-hydrogen) atoms. The summed E-state index contributed by atoms with van der Waals surface area (Å²) in [7, 11) is 3.35. The molecule has 0 fully saturated rings. The van der Waals surface area contributed by atoms with Gasteiger partial charge in [-0.3, -0.25) is 4.79 Å². The van der Waals surface area contributed by atoms with Crippen LogP contribution in [0.4, 0.5) is 5.95 Å². The maximum atomic E-state index is 12.0. The van der Waals surface area contributed by atoms with Gasteiger partial charge in [0.1, 0.15) is 5.69 Å². The summed E-state index contributed by atoms with van der Waals surface area (Å²) in [6, 6.07) is 3.63. The Morgan fingerprint density at radius 2 is 2.29 bits per heavy atom. The Hall–Kier alpha value is -2.16. The van der Waals surface area contributed by atoms with Crippen molar-refractivity contribution in [1.29, 1.82) is 5.26 Å². The van der Waals surface area contributed by atoms with Gasteiger partial charge in [-0.2, -0.15) is 5.26 Å². The second-order valence-corrected chi connectivity index (χ2v) is 3.60. The van der Waals surface area contributed by atoms with Gasteiger partial charge in [-0.15, -0.1) is 0 Å². The molecule has 90 valence electrons. The normalized spacial score (nSPS) is 9.53. The third kappa shape index (κ3) is 3.41. The minimum atomic E-state index is -0.206. The summed E-state index contributed by atoms with van der Waals surface area (Å²) in [5.74, 6) is 0.212. The molecule has 1 N–H and O–H groups in total. The van der Waals surface area contributed by atoms with Crippen LogP contribution in [-0.4, -0.2) is 41.4 Å². The first kappa shape index (κ1) is 12.9. The Balaban J connectivity index is 2.88. The van der Waals surface area contributed by atoms with E-state index in [4.69, 9.17) is 5.26 Å². The number of aryl methyl sites for hydroxylation is 1. The van der Waals surface area contributed by atoms with E-state index in [1.54, 1.807) is 27.1 Å². The summed E-state index contributed by atoms with van der Waals surface area (Å²) >= 11 is 0. The van der Waals surface area contributed by atoms with Crippen molar-refractivity contribution in [2.45, 2.75) is 13.3 Å². The van der Waals surface area contributed by atoms with Crippen LogP contribution in [0.3, 0.4) is 0 Å². The quantitative estimate of drug-likeness (QED) is 0.832. The second kappa shape index (κ2) is 5.80. The third-order valence-corrected chi connectivity index (χ3v) is 2.20. The van der Waals surface area contributed by atoms with Crippen molar-refractivity contribution >= 4 is 11.9 Å². The van der Waals surface area contributed by atoms with E-state index in [-0.39, 0.29) is 5.91 Å². The molecule has 0 aliphatic heterocycles. The lowest BCUT2D eigenvalue weighted by atomic mass is 10.3. The molecule has 6 nitrogen and oxygen atoms in total. The predicted octanol–water partition coefficient (Wildman–Crippen LogP) is 0.812. The Morgan fingerprint density at radius 3 is 2.88 bits per heavy atom. The first-order valence-electron chi connectivity index (χ1n) is 5.24. The molecule has 1 heterocycles. The smallest absolute Gasteiger partial charge is 0.272 e. The lowest BCUT2D eigenvalue weighted by Crippen LogP contribution is -2.28. The van der Waals surface area contributed by atoms with E-state index in [2.05, 4.69) is 15.3 Å². The van der Waals surface area contributed by atoms with Crippen LogP contribution in [0.5, 0.6) is 0 Å². The lowest BCUT2D eigenvalue weighted by Gasteiger charge is -2.15. The Labute approximate surface area is 100 Å². The standard InChI is InChI=1S/C11H15N5O/c1-8-7-9(15-11(13-2)14-8)10(17)16(3)6-4-5-12/h7H,4,6H2,1-3H3,(H,13,14,15). The van der Waals surface area contributed by atoms with Gasteiger partial charge < -0.3 is 10.2 Å². The van der Waals surface area contributed by atoms with Crippen LogP contribution in [0.2, 0.25) is 0 Å². The zero-order valence-electron chi connectivity index (χ0n) is 10.2. The van der Waals surface area contributed by atoms with E-state index in [1.165, 1.54) is 4.90 Å². The molecule has 6 heteroatoms. The van der Waals surface area contributed by atoms with Gasteiger partial charge >= 0.3 is 0 Å². The summed E-state index contributed by atoms with van der Waals surface area (Å²) in [4.78, 5) is 21.6. The van der Waals surface area contributed by atoms with Crippen LogP contribution in [0, 0.1) is 18.3 Å². The van der Waals surface area contributed by atoms with Crippen molar-refractivity contribution in [2.75, 3.05) is 26.0 Å². The second-order valence-electron chi connectivity index (χ2n) is 3.60. The van der Waals surface area contributed by atoms with Crippen molar-refractivity contribution in [3.63, 3.8) is 0 Å². The summed E-state index contributed by atoms with van der Waals surface area (Å²) in [5, 5.41) is 11.3. The summed E-state index contributed by atoms with van der Waals surface area (Å²) < 4.78 is 0. The number of carbonyl (C=O) groups is 1. The van der Waals surface area contributed by atoms with E-state index >= 15 is 0 Å². The van der Waals surface area contributed by atoms with E-state index < -0.39 is 0 Å². The number of hydrogen-bond acceptors (Lipinski definition) is 5. The number of nitrogens with zero attached hydrogens (tertiary/aromatic N) is 4. The van der Waals surface area contributed by atoms with Crippen molar-refractivity contribution in [1.82, 2.24) is 14.9 Å². The highest BCUT2D eigenvalue weighted by Gasteiger charge is 2.14. The zero-order chi connectivity index (χ0) is 12.8. The SMILES string of the molecule is CNc1nc(C)cc(C(=O)N(C)CCC#N)n1. The average Bonchev–Trinajstić information content (AvgIpc) is 2.34. The lowest BCUT2D eigenvalue weighted by molar-refractivity contribution is 0.0792. The van der Waals surface area contributed by atoms with Gasteiger partial charge in [-0.05, 0) is 13.0 Å². The van der Waals surface area contributed by atoms with E-state index in [1.807, 2.05) is 6.07 Å². The molecule has 1 rings (SSSR count). The number of carbonyl (C=O) groups excluding carboxylic acids is 1. The van der Waals surface area contributed by atoms with Gasteiger partial charge in [0.2, 0.25) is 5.95 Å².